The summed E-state index contributed by atoms with van der Waals surface area (Å²) in [5, 5.41) is 3.96. The fourth-order valence-corrected chi connectivity index (χ4v) is 2.71. The van der Waals surface area contributed by atoms with Crippen molar-refractivity contribution < 1.29 is 4.79 Å². The van der Waals surface area contributed by atoms with Crippen LogP contribution in [0.4, 0.5) is 11.4 Å². The zero-order valence-electron chi connectivity index (χ0n) is 10.4. The fourth-order valence-electron chi connectivity index (χ4n) is 1.51. The van der Waals surface area contributed by atoms with Gasteiger partial charge in [0.1, 0.15) is 0 Å². The Bertz CT molecular complexity index is 617. The number of anilines is 2. The molecule has 2 rings (SSSR count). The number of carbonyl (C=O) groups excluding carboxylic acids is 1. The molecular weight excluding hydrogens is 315 g/mol. The Hall–Kier alpha value is -1.36. The van der Waals surface area contributed by atoms with Gasteiger partial charge in [-0.3, -0.25) is 4.79 Å². The molecule has 0 atom stereocenters. The number of rotatable bonds is 4. The van der Waals surface area contributed by atoms with Gasteiger partial charge >= 0.3 is 0 Å². The maximum atomic E-state index is 11.8. The molecule has 0 aliphatic rings. The van der Waals surface area contributed by atoms with E-state index in [1.807, 2.05) is 0 Å². The van der Waals surface area contributed by atoms with E-state index in [1.165, 1.54) is 11.8 Å². The smallest absolute Gasteiger partial charge is 0.234 e. The number of nitrogen functional groups attached to an aromatic ring is 1. The van der Waals surface area contributed by atoms with E-state index in [1.54, 1.807) is 42.5 Å². The highest BCUT2D eigenvalue weighted by Gasteiger charge is 2.06. The van der Waals surface area contributed by atoms with Crippen molar-refractivity contribution in [3.8, 4) is 0 Å². The molecule has 104 valence electrons. The summed E-state index contributed by atoms with van der Waals surface area (Å²) in [4.78, 5) is 12.6. The molecule has 0 aliphatic carbocycles. The number of carbonyl (C=O) groups is 1. The van der Waals surface area contributed by atoms with Gasteiger partial charge in [0.05, 0.1) is 10.8 Å². The van der Waals surface area contributed by atoms with E-state index in [9.17, 15) is 4.79 Å². The Morgan fingerprint density at radius 2 is 1.85 bits per heavy atom. The highest BCUT2D eigenvalue weighted by molar-refractivity contribution is 8.00. The van der Waals surface area contributed by atoms with Gasteiger partial charge in [0.2, 0.25) is 5.91 Å². The second-order valence-corrected chi connectivity index (χ2v) is 5.89. The van der Waals surface area contributed by atoms with Crippen LogP contribution in [0.25, 0.3) is 0 Å². The molecule has 20 heavy (non-hydrogen) atoms. The van der Waals surface area contributed by atoms with Crippen LogP contribution < -0.4 is 11.1 Å². The molecule has 0 radical (unpaired) electrons. The first kappa shape index (κ1) is 15.0. The maximum absolute atomic E-state index is 11.8. The number of nitrogens with one attached hydrogen (secondary N) is 1. The van der Waals surface area contributed by atoms with E-state index in [0.29, 0.717) is 21.4 Å². The maximum Gasteiger partial charge on any atom is 0.234 e. The highest BCUT2D eigenvalue weighted by atomic mass is 35.5. The SMILES string of the molecule is Nc1ccc(SCC(=O)Nc2ccc(Cl)cc2)c(Cl)c1. The lowest BCUT2D eigenvalue weighted by Crippen LogP contribution is -2.13. The number of halogens is 2. The Labute approximate surface area is 131 Å². The molecule has 0 fully saturated rings. The minimum Gasteiger partial charge on any atom is -0.399 e. The first-order chi connectivity index (χ1) is 9.54. The summed E-state index contributed by atoms with van der Waals surface area (Å²) in [6.07, 6.45) is 0. The predicted octanol–water partition coefficient (Wildman–Crippen LogP) is 4.31. The number of hydrogen-bond acceptors (Lipinski definition) is 3. The zero-order chi connectivity index (χ0) is 14.5. The minimum absolute atomic E-state index is 0.106. The van der Waals surface area contributed by atoms with Crippen molar-refractivity contribution >= 4 is 52.2 Å². The van der Waals surface area contributed by atoms with E-state index >= 15 is 0 Å². The molecule has 0 saturated heterocycles. The molecule has 2 aromatic rings. The van der Waals surface area contributed by atoms with Crippen molar-refractivity contribution in [3.63, 3.8) is 0 Å². The summed E-state index contributed by atoms with van der Waals surface area (Å²) in [7, 11) is 0. The number of nitrogens with two attached hydrogens (primary N) is 1. The van der Waals surface area contributed by atoms with Crippen LogP contribution in [0.3, 0.4) is 0 Å². The number of hydrogen-bond donors (Lipinski definition) is 2. The van der Waals surface area contributed by atoms with Crippen molar-refractivity contribution in [3.05, 3.63) is 52.5 Å². The summed E-state index contributed by atoms with van der Waals surface area (Å²) < 4.78 is 0. The third-order valence-electron chi connectivity index (χ3n) is 2.44. The van der Waals surface area contributed by atoms with Crippen LogP contribution >= 0.6 is 35.0 Å². The molecule has 6 heteroatoms. The van der Waals surface area contributed by atoms with Crippen molar-refractivity contribution in [2.24, 2.45) is 0 Å². The van der Waals surface area contributed by atoms with Gasteiger partial charge < -0.3 is 11.1 Å². The van der Waals surface area contributed by atoms with Gasteiger partial charge in [-0.05, 0) is 42.5 Å². The topological polar surface area (TPSA) is 55.1 Å². The second kappa shape index (κ2) is 6.88. The molecule has 2 aromatic carbocycles. The van der Waals surface area contributed by atoms with Gasteiger partial charge in [-0.1, -0.05) is 23.2 Å². The monoisotopic (exact) mass is 326 g/mol. The predicted molar refractivity (Wildman–Crippen MR) is 86.7 cm³/mol. The van der Waals surface area contributed by atoms with E-state index in [4.69, 9.17) is 28.9 Å². The summed E-state index contributed by atoms with van der Waals surface area (Å²) >= 11 is 13.2. The van der Waals surface area contributed by atoms with Gasteiger partial charge in [-0.15, -0.1) is 11.8 Å². The molecular formula is C14H12Cl2N2OS. The molecule has 1 amide bonds. The first-order valence-electron chi connectivity index (χ1n) is 5.78. The van der Waals surface area contributed by atoms with Gasteiger partial charge in [-0.2, -0.15) is 0 Å². The summed E-state index contributed by atoms with van der Waals surface area (Å²) in [5.41, 5.74) is 6.93. The highest BCUT2D eigenvalue weighted by Crippen LogP contribution is 2.28. The Balaban J connectivity index is 1.90. The van der Waals surface area contributed by atoms with Crippen LogP contribution in [-0.4, -0.2) is 11.7 Å². The number of benzene rings is 2. The average molecular weight is 327 g/mol. The number of amides is 1. The molecule has 0 spiro atoms. The van der Waals surface area contributed by atoms with Gasteiger partial charge in [0.25, 0.3) is 0 Å². The van der Waals surface area contributed by atoms with Gasteiger partial charge in [-0.25, -0.2) is 0 Å². The van der Waals surface area contributed by atoms with Crippen LogP contribution in [0, 0.1) is 0 Å². The molecule has 0 saturated carbocycles. The van der Waals surface area contributed by atoms with Gasteiger partial charge in [0.15, 0.2) is 0 Å². The molecule has 0 heterocycles. The average Bonchev–Trinajstić information content (AvgIpc) is 2.40. The summed E-state index contributed by atoms with van der Waals surface area (Å²) in [6.45, 7) is 0. The zero-order valence-corrected chi connectivity index (χ0v) is 12.7. The minimum atomic E-state index is -0.106. The van der Waals surface area contributed by atoms with Crippen molar-refractivity contribution in [2.75, 3.05) is 16.8 Å². The molecule has 3 nitrogen and oxygen atoms in total. The molecule has 0 unspecified atom stereocenters. The lowest BCUT2D eigenvalue weighted by molar-refractivity contribution is -0.113. The van der Waals surface area contributed by atoms with E-state index in [0.717, 1.165) is 4.90 Å². The van der Waals surface area contributed by atoms with Crippen LogP contribution in [-0.2, 0) is 4.79 Å². The molecule has 0 aromatic heterocycles. The number of thioether (sulfide) groups is 1. The Morgan fingerprint density at radius 3 is 2.50 bits per heavy atom. The van der Waals surface area contributed by atoms with Crippen molar-refractivity contribution in [1.82, 2.24) is 0 Å². The third-order valence-corrected chi connectivity index (χ3v) is 4.19. The standard InChI is InChI=1S/C14H12Cl2N2OS/c15-9-1-4-11(5-2-9)18-14(19)8-20-13-6-3-10(17)7-12(13)16/h1-7H,8,17H2,(H,18,19). The van der Waals surface area contributed by atoms with Gasteiger partial charge in [0, 0.05) is 21.3 Å². The Kier molecular flexibility index (Phi) is 5.17. The lowest BCUT2D eigenvalue weighted by Gasteiger charge is -2.07. The van der Waals surface area contributed by atoms with E-state index in [2.05, 4.69) is 5.32 Å². The van der Waals surface area contributed by atoms with Crippen molar-refractivity contribution in [1.29, 1.82) is 0 Å². The van der Waals surface area contributed by atoms with Crippen LogP contribution in [0.15, 0.2) is 47.4 Å². The lowest BCUT2D eigenvalue weighted by atomic mass is 10.3. The van der Waals surface area contributed by atoms with E-state index < -0.39 is 0 Å². The molecule has 0 aliphatic heterocycles. The summed E-state index contributed by atoms with van der Waals surface area (Å²) in [5.74, 6) is 0.164. The second-order valence-electron chi connectivity index (χ2n) is 4.03. The molecule has 0 bridgehead atoms. The molecule has 3 N–H and O–H groups in total. The first-order valence-corrected chi connectivity index (χ1v) is 7.52. The van der Waals surface area contributed by atoms with Crippen LogP contribution in [0.2, 0.25) is 10.0 Å². The van der Waals surface area contributed by atoms with Crippen LogP contribution in [0.1, 0.15) is 0 Å². The third kappa shape index (κ3) is 4.34. The van der Waals surface area contributed by atoms with Crippen LogP contribution in [0.5, 0.6) is 0 Å². The summed E-state index contributed by atoms with van der Waals surface area (Å²) in [6, 6.07) is 12.2. The van der Waals surface area contributed by atoms with Crippen molar-refractivity contribution in [2.45, 2.75) is 4.90 Å². The largest absolute Gasteiger partial charge is 0.399 e. The normalized spacial score (nSPS) is 10.3. The Morgan fingerprint density at radius 1 is 1.15 bits per heavy atom. The van der Waals surface area contributed by atoms with E-state index in [-0.39, 0.29) is 11.7 Å². The fraction of sp³-hybridized carbons (Fsp3) is 0.0714. The quantitative estimate of drug-likeness (QED) is 0.650.